The average molecular weight is 241 g/mol. The summed E-state index contributed by atoms with van der Waals surface area (Å²) in [5.41, 5.74) is 2.68. The van der Waals surface area contributed by atoms with Crippen LogP contribution in [0.25, 0.3) is 0 Å². The highest BCUT2D eigenvalue weighted by atomic mass is 16.6. The molecule has 0 radical (unpaired) electrons. The van der Waals surface area contributed by atoms with Crippen LogP contribution in [0.4, 0.5) is 0 Å². The van der Waals surface area contributed by atoms with Gasteiger partial charge in [-0.3, -0.25) is 9.97 Å². The van der Waals surface area contributed by atoms with Crippen LogP contribution >= 0.6 is 0 Å². The van der Waals surface area contributed by atoms with Gasteiger partial charge in [-0.2, -0.15) is 0 Å². The van der Waals surface area contributed by atoms with Crippen molar-refractivity contribution in [3.63, 3.8) is 0 Å². The van der Waals surface area contributed by atoms with E-state index in [1.807, 2.05) is 44.2 Å². The van der Waals surface area contributed by atoms with E-state index in [1.165, 1.54) is 0 Å². The molecule has 2 heterocycles. The van der Waals surface area contributed by atoms with Gasteiger partial charge in [0.15, 0.2) is 6.10 Å². The number of nitrogens with zero attached hydrogens (tertiary/aromatic N) is 3. The molecule has 0 saturated carbocycles. The highest BCUT2D eigenvalue weighted by Crippen LogP contribution is 2.14. The third kappa shape index (κ3) is 3.13. The molecule has 92 valence electrons. The lowest BCUT2D eigenvalue weighted by Gasteiger charge is -2.09. The Kier molecular flexibility index (Phi) is 4.02. The molecule has 0 amide bonds. The van der Waals surface area contributed by atoms with Crippen molar-refractivity contribution < 1.29 is 4.84 Å². The summed E-state index contributed by atoms with van der Waals surface area (Å²) in [7, 11) is 0. The Morgan fingerprint density at radius 2 is 1.94 bits per heavy atom. The molecule has 2 rings (SSSR count). The molecule has 0 aliphatic carbocycles. The number of pyridine rings is 2. The monoisotopic (exact) mass is 241 g/mol. The van der Waals surface area contributed by atoms with Crippen LogP contribution in [0.15, 0.2) is 54.1 Å². The van der Waals surface area contributed by atoms with E-state index in [9.17, 15) is 0 Å². The first kappa shape index (κ1) is 12.2. The van der Waals surface area contributed by atoms with Gasteiger partial charge in [-0.05, 0) is 38.1 Å². The van der Waals surface area contributed by atoms with Crippen LogP contribution in [0.2, 0.25) is 0 Å². The summed E-state index contributed by atoms with van der Waals surface area (Å²) >= 11 is 0. The van der Waals surface area contributed by atoms with E-state index < -0.39 is 0 Å². The Labute approximate surface area is 106 Å². The van der Waals surface area contributed by atoms with E-state index in [0.717, 1.165) is 17.0 Å². The largest absolute Gasteiger partial charge is 0.386 e. The Hall–Kier alpha value is -2.23. The minimum atomic E-state index is -0.164. The molecule has 2 aromatic heterocycles. The van der Waals surface area contributed by atoms with Crippen LogP contribution in [0, 0.1) is 0 Å². The third-order valence-corrected chi connectivity index (χ3v) is 2.55. The van der Waals surface area contributed by atoms with Crippen LogP contribution in [0.5, 0.6) is 0 Å². The Bertz CT molecular complexity index is 511. The molecule has 2 aromatic rings. The van der Waals surface area contributed by atoms with Crippen molar-refractivity contribution in [1.82, 2.24) is 9.97 Å². The van der Waals surface area contributed by atoms with E-state index in [4.69, 9.17) is 4.84 Å². The topological polar surface area (TPSA) is 47.4 Å². The summed E-state index contributed by atoms with van der Waals surface area (Å²) < 4.78 is 0. The first-order valence-electron chi connectivity index (χ1n) is 5.79. The Morgan fingerprint density at radius 1 is 1.17 bits per heavy atom. The van der Waals surface area contributed by atoms with Gasteiger partial charge < -0.3 is 4.84 Å². The maximum Gasteiger partial charge on any atom is 0.166 e. The standard InChI is InChI=1S/C14H15N3O/c1-11(13-6-9-15-10-7-13)17-18-12(2)14-5-3-4-8-16-14/h3-10,12H,1-2H3/b17-11+. The van der Waals surface area contributed by atoms with Crippen LogP contribution in [-0.2, 0) is 4.84 Å². The molecule has 1 atom stereocenters. The van der Waals surface area contributed by atoms with Gasteiger partial charge in [0.05, 0.1) is 11.4 Å². The fourth-order valence-corrected chi connectivity index (χ4v) is 1.47. The van der Waals surface area contributed by atoms with Gasteiger partial charge in [-0.25, -0.2) is 0 Å². The van der Waals surface area contributed by atoms with Crippen molar-refractivity contribution in [1.29, 1.82) is 0 Å². The molecular formula is C14H15N3O. The predicted octanol–water partition coefficient (Wildman–Crippen LogP) is 2.98. The van der Waals surface area contributed by atoms with Gasteiger partial charge in [-0.1, -0.05) is 11.2 Å². The van der Waals surface area contributed by atoms with Gasteiger partial charge in [-0.15, -0.1) is 0 Å². The minimum absolute atomic E-state index is 0.164. The first-order valence-corrected chi connectivity index (χ1v) is 5.79. The summed E-state index contributed by atoms with van der Waals surface area (Å²) in [6.45, 7) is 3.83. The Morgan fingerprint density at radius 3 is 2.61 bits per heavy atom. The normalized spacial score (nSPS) is 13.1. The number of oxime groups is 1. The van der Waals surface area contributed by atoms with Crippen LogP contribution in [-0.4, -0.2) is 15.7 Å². The second kappa shape index (κ2) is 5.91. The van der Waals surface area contributed by atoms with E-state index in [-0.39, 0.29) is 6.10 Å². The van der Waals surface area contributed by atoms with E-state index in [0.29, 0.717) is 0 Å². The van der Waals surface area contributed by atoms with Gasteiger partial charge in [0.25, 0.3) is 0 Å². The maximum atomic E-state index is 5.45. The summed E-state index contributed by atoms with van der Waals surface area (Å²) in [6, 6.07) is 9.52. The molecule has 4 nitrogen and oxygen atoms in total. The molecule has 0 spiro atoms. The summed E-state index contributed by atoms with van der Waals surface area (Å²) in [4.78, 5) is 13.6. The zero-order valence-electron chi connectivity index (χ0n) is 10.4. The molecule has 0 aromatic carbocycles. The molecule has 18 heavy (non-hydrogen) atoms. The highest BCUT2D eigenvalue weighted by Gasteiger charge is 2.06. The molecule has 0 bridgehead atoms. The van der Waals surface area contributed by atoms with Gasteiger partial charge in [0.1, 0.15) is 0 Å². The van der Waals surface area contributed by atoms with Gasteiger partial charge in [0, 0.05) is 24.2 Å². The molecule has 0 N–H and O–H groups in total. The average Bonchev–Trinajstić information content (AvgIpc) is 2.46. The second-order valence-corrected chi connectivity index (χ2v) is 3.91. The lowest BCUT2D eigenvalue weighted by Crippen LogP contribution is -2.01. The molecule has 0 fully saturated rings. The molecule has 0 saturated heterocycles. The van der Waals surface area contributed by atoms with Crippen molar-refractivity contribution in [3.8, 4) is 0 Å². The number of hydrogen-bond acceptors (Lipinski definition) is 4. The summed E-state index contributed by atoms with van der Waals surface area (Å²) in [5.74, 6) is 0. The van der Waals surface area contributed by atoms with Crippen LogP contribution in [0.1, 0.15) is 31.2 Å². The van der Waals surface area contributed by atoms with E-state index in [2.05, 4.69) is 15.1 Å². The fraction of sp³-hybridized carbons (Fsp3) is 0.214. The highest BCUT2D eigenvalue weighted by molar-refractivity contribution is 5.98. The van der Waals surface area contributed by atoms with Crippen LogP contribution in [0.3, 0.4) is 0 Å². The fourth-order valence-electron chi connectivity index (χ4n) is 1.47. The number of rotatable bonds is 4. The molecule has 0 aliphatic rings. The molecule has 1 unspecified atom stereocenters. The van der Waals surface area contributed by atoms with Crippen LogP contribution < -0.4 is 0 Å². The van der Waals surface area contributed by atoms with E-state index in [1.54, 1.807) is 18.6 Å². The predicted molar refractivity (Wildman–Crippen MR) is 70.2 cm³/mol. The van der Waals surface area contributed by atoms with Crippen molar-refractivity contribution >= 4 is 5.71 Å². The summed E-state index contributed by atoms with van der Waals surface area (Å²) in [5, 5.41) is 4.12. The molecular weight excluding hydrogens is 226 g/mol. The quantitative estimate of drug-likeness (QED) is 0.610. The lowest BCUT2D eigenvalue weighted by atomic mass is 10.2. The minimum Gasteiger partial charge on any atom is -0.386 e. The van der Waals surface area contributed by atoms with Gasteiger partial charge >= 0.3 is 0 Å². The molecule has 0 aliphatic heterocycles. The van der Waals surface area contributed by atoms with Crippen molar-refractivity contribution in [3.05, 3.63) is 60.2 Å². The van der Waals surface area contributed by atoms with Crippen molar-refractivity contribution in [2.75, 3.05) is 0 Å². The van der Waals surface area contributed by atoms with E-state index >= 15 is 0 Å². The smallest absolute Gasteiger partial charge is 0.166 e. The zero-order chi connectivity index (χ0) is 12.8. The number of hydrogen-bond donors (Lipinski definition) is 0. The first-order chi connectivity index (χ1) is 8.77. The SMILES string of the molecule is C/C(=N\OC(C)c1ccccn1)c1ccncc1. The summed E-state index contributed by atoms with van der Waals surface area (Å²) in [6.07, 6.45) is 5.05. The van der Waals surface area contributed by atoms with Crippen molar-refractivity contribution in [2.45, 2.75) is 20.0 Å². The van der Waals surface area contributed by atoms with Gasteiger partial charge in [0.2, 0.25) is 0 Å². The second-order valence-electron chi connectivity index (χ2n) is 3.91. The third-order valence-electron chi connectivity index (χ3n) is 2.55. The van der Waals surface area contributed by atoms with Crippen molar-refractivity contribution in [2.24, 2.45) is 5.16 Å². The molecule has 4 heteroatoms. The maximum absolute atomic E-state index is 5.45. The Balaban J connectivity index is 2.03. The lowest BCUT2D eigenvalue weighted by molar-refractivity contribution is 0.0693. The zero-order valence-corrected chi connectivity index (χ0v) is 10.4. The number of aromatic nitrogens is 2.